The van der Waals surface area contributed by atoms with Gasteiger partial charge in [-0.3, -0.25) is 24.6 Å². The number of amides is 2. The predicted octanol–water partition coefficient (Wildman–Crippen LogP) is 1.71. The van der Waals surface area contributed by atoms with Crippen molar-refractivity contribution in [2.45, 2.75) is 19.4 Å². The minimum absolute atomic E-state index is 0.147. The molecule has 3 N–H and O–H groups in total. The van der Waals surface area contributed by atoms with E-state index in [4.69, 9.17) is 10.5 Å². The summed E-state index contributed by atoms with van der Waals surface area (Å²) < 4.78 is 5.64. The molecule has 10 nitrogen and oxygen atoms in total. The Balaban J connectivity index is 1.84. The van der Waals surface area contributed by atoms with Gasteiger partial charge in [0.15, 0.2) is 17.2 Å². The lowest BCUT2D eigenvalue weighted by Gasteiger charge is -2.37. The molecule has 27 heavy (non-hydrogen) atoms. The number of benzene rings is 1. The van der Waals surface area contributed by atoms with Crippen LogP contribution in [0.4, 0.5) is 23.0 Å². The van der Waals surface area contributed by atoms with Gasteiger partial charge in [0.1, 0.15) is 12.4 Å². The lowest BCUT2D eigenvalue weighted by Crippen LogP contribution is -2.54. The fourth-order valence-corrected chi connectivity index (χ4v) is 2.65. The normalized spacial score (nSPS) is 14.9. The molecule has 1 aliphatic rings. The highest BCUT2D eigenvalue weighted by Gasteiger charge is 2.42. The highest BCUT2D eigenvalue weighted by molar-refractivity contribution is 6.07. The van der Waals surface area contributed by atoms with Gasteiger partial charge >= 0.3 is 0 Å². The summed E-state index contributed by atoms with van der Waals surface area (Å²) in [5.74, 6) is -0.349. The molecule has 0 fully saturated rings. The van der Waals surface area contributed by atoms with E-state index in [0.717, 1.165) is 0 Å². The summed E-state index contributed by atoms with van der Waals surface area (Å²) in [6.07, 6.45) is 0. The third-order valence-electron chi connectivity index (χ3n) is 3.88. The van der Waals surface area contributed by atoms with Crippen LogP contribution in [-0.2, 0) is 9.59 Å². The topological polar surface area (TPSA) is 141 Å². The number of nitrogen functional groups attached to an aromatic ring is 1. The van der Waals surface area contributed by atoms with Gasteiger partial charge in [-0.05, 0) is 32.0 Å². The van der Waals surface area contributed by atoms with Crippen molar-refractivity contribution in [1.82, 2.24) is 4.98 Å². The number of rotatable bonds is 4. The van der Waals surface area contributed by atoms with Crippen molar-refractivity contribution in [2.24, 2.45) is 0 Å². The summed E-state index contributed by atoms with van der Waals surface area (Å²) in [6, 6.07) is 8.62. The van der Waals surface area contributed by atoms with Gasteiger partial charge in [0, 0.05) is 17.8 Å². The van der Waals surface area contributed by atoms with Gasteiger partial charge in [-0.15, -0.1) is 0 Å². The zero-order chi connectivity index (χ0) is 19.8. The molecule has 2 aromatic rings. The molecule has 10 heteroatoms. The highest BCUT2D eigenvalue weighted by Crippen LogP contribution is 2.36. The van der Waals surface area contributed by atoms with Crippen LogP contribution in [0.2, 0.25) is 0 Å². The van der Waals surface area contributed by atoms with Crippen LogP contribution in [0.3, 0.4) is 0 Å². The van der Waals surface area contributed by atoms with E-state index in [-0.39, 0.29) is 29.6 Å². The van der Waals surface area contributed by atoms with E-state index in [1.807, 2.05) is 0 Å². The monoisotopic (exact) mass is 371 g/mol. The zero-order valence-corrected chi connectivity index (χ0v) is 14.6. The molecule has 1 aromatic carbocycles. The molecule has 3 rings (SSSR count). The van der Waals surface area contributed by atoms with Crippen molar-refractivity contribution >= 4 is 34.8 Å². The molecule has 0 unspecified atom stereocenters. The van der Waals surface area contributed by atoms with Crippen molar-refractivity contribution in [3.63, 3.8) is 0 Å². The number of nitrogens with zero attached hydrogens (tertiary/aromatic N) is 3. The highest BCUT2D eigenvalue weighted by atomic mass is 16.6. The van der Waals surface area contributed by atoms with Crippen molar-refractivity contribution in [3.8, 4) is 5.75 Å². The Kier molecular flexibility index (Phi) is 4.40. The second-order valence-corrected chi connectivity index (χ2v) is 6.42. The number of nitrogens with two attached hydrogens (primary N) is 1. The fourth-order valence-electron chi connectivity index (χ4n) is 2.65. The summed E-state index contributed by atoms with van der Waals surface area (Å²) in [5, 5.41) is 13.4. The van der Waals surface area contributed by atoms with Gasteiger partial charge in [0.2, 0.25) is 5.91 Å². The Morgan fingerprint density at radius 1 is 1.37 bits per heavy atom. The van der Waals surface area contributed by atoms with E-state index in [0.29, 0.717) is 5.75 Å². The smallest absolute Gasteiger partial charge is 0.272 e. The molecule has 0 aliphatic carbocycles. The Bertz CT molecular complexity index is 943. The molecular formula is C17H17N5O5. The van der Waals surface area contributed by atoms with Crippen LogP contribution in [0.1, 0.15) is 13.8 Å². The number of nitro groups is 1. The minimum Gasteiger partial charge on any atom is -0.474 e. The first-order valence-corrected chi connectivity index (χ1v) is 7.99. The van der Waals surface area contributed by atoms with Crippen LogP contribution in [0, 0.1) is 10.1 Å². The number of carbonyl (C=O) groups excluding carboxylic acids is 2. The van der Waals surface area contributed by atoms with E-state index in [1.165, 1.54) is 35.2 Å². The number of aromatic nitrogens is 1. The lowest BCUT2D eigenvalue weighted by molar-refractivity contribution is -0.384. The van der Waals surface area contributed by atoms with Gasteiger partial charge < -0.3 is 15.8 Å². The largest absolute Gasteiger partial charge is 0.474 e. The average Bonchev–Trinajstić information content (AvgIpc) is 2.60. The molecule has 2 amide bonds. The lowest BCUT2D eigenvalue weighted by atomic mass is 10.1. The Morgan fingerprint density at radius 2 is 2.11 bits per heavy atom. The number of ether oxygens (including phenoxy) is 1. The Hall–Kier alpha value is -3.69. The molecule has 0 radical (unpaired) electrons. The van der Waals surface area contributed by atoms with Crippen LogP contribution >= 0.6 is 0 Å². The van der Waals surface area contributed by atoms with Crippen LogP contribution in [-0.4, -0.2) is 33.9 Å². The maximum absolute atomic E-state index is 12.7. The summed E-state index contributed by atoms with van der Waals surface area (Å²) >= 11 is 0. The van der Waals surface area contributed by atoms with Crippen molar-refractivity contribution in [3.05, 3.63) is 46.5 Å². The number of non-ortho nitro benzene ring substituents is 1. The van der Waals surface area contributed by atoms with Gasteiger partial charge in [-0.25, -0.2) is 4.98 Å². The predicted molar refractivity (Wildman–Crippen MR) is 97.4 cm³/mol. The third kappa shape index (κ3) is 3.64. The first kappa shape index (κ1) is 18.1. The molecule has 0 atom stereocenters. The van der Waals surface area contributed by atoms with Gasteiger partial charge in [-0.1, -0.05) is 6.07 Å². The van der Waals surface area contributed by atoms with E-state index in [2.05, 4.69) is 10.3 Å². The van der Waals surface area contributed by atoms with Gasteiger partial charge in [0.25, 0.3) is 11.6 Å². The van der Waals surface area contributed by atoms with E-state index in [9.17, 15) is 19.7 Å². The van der Waals surface area contributed by atoms with Crippen molar-refractivity contribution < 1.29 is 19.2 Å². The van der Waals surface area contributed by atoms with E-state index >= 15 is 0 Å². The first-order chi connectivity index (χ1) is 12.7. The third-order valence-corrected chi connectivity index (χ3v) is 3.88. The first-order valence-electron chi connectivity index (χ1n) is 7.99. The van der Waals surface area contributed by atoms with Crippen LogP contribution in [0.25, 0.3) is 0 Å². The number of fused-ring (bicyclic) bond motifs is 1. The standard InChI is InChI=1S/C17H17N5O5/c1-17(2)16(24)21(15-12(27-17)6-7-13(18)20-15)9-14(23)19-10-4-3-5-11(8-10)22(25)26/h3-8H,9H2,1-2H3,(H2,18,20)(H,19,23). The fraction of sp³-hybridized carbons (Fsp3) is 0.235. The molecule has 1 aliphatic heterocycles. The van der Waals surface area contributed by atoms with E-state index in [1.54, 1.807) is 19.9 Å². The number of carbonyl (C=O) groups is 2. The number of hydrogen-bond donors (Lipinski definition) is 2. The summed E-state index contributed by atoms with van der Waals surface area (Å²) in [4.78, 5) is 40.7. The number of nitro benzene ring substituents is 1. The summed E-state index contributed by atoms with van der Waals surface area (Å²) in [7, 11) is 0. The van der Waals surface area contributed by atoms with E-state index < -0.39 is 22.3 Å². The van der Waals surface area contributed by atoms with Crippen molar-refractivity contribution in [2.75, 3.05) is 22.5 Å². The van der Waals surface area contributed by atoms with Crippen molar-refractivity contribution in [1.29, 1.82) is 0 Å². The molecule has 0 saturated carbocycles. The quantitative estimate of drug-likeness (QED) is 0.615. The molecule has 2 heterocycles. The number of nitrogens with one attached hydrogen (secondary N) is 1. The Labute approximate surface area is 154 Å². The molecule has 140 valence electrons. The molecule has 0 saturated heterocycles. The van der Waals surface area contributed by atoms with Gasteiger partial charge in [-0.2, -0.15) is 0 Å². The molecule has 1 aromatic heterocycles. The number of anilines is 3. The summed E-state index contributed by atoms with van der Waals surface area (Å²) in [5.41, 5.74) is 4.59. The molecular weight excluding hydrogens is 354 g/mol. The van der Waals surface area contributed by atoms with Crippen LogP contribution < -0.4 is 20.7 Å². The molecule has 0 bridgehead atoms. The zero-order valence-electron chi connectivity index (χ0n) is 14.6. The van der Waals surface area contributed by atoms with Crippen LogP contribution in [0.5, 0.6) is 5.75 Å². The van der Waals surface area contributed by atoms with Crippen LogP contribution in [0.15, 0.2) is 36.4 Å². The Morgan fingerprint density at radius 3 is 2.81 bits per heavy atom. The number of hydrogen-bond acceptors (Lipinski definition) is 7. The average molecular weight is 371 g/mol. The SMILES string of the molecule is CC1(C)Oc2ccc(N)nc2N(CC(=O)Nc2cccc([N+](=O)[O-])c2)C1=O. The molecule has 0 spiro atoms. The maximum atomic E-state index is 12.7. The summed E-state index contributed by atoms with van der Waals surface area (Å²) in [6.45, 7) is 2.82. The van der Waals surface area contributed by atoms with Gasteiger partial charge in [0.05, 0.1) is 4.92 Å². The maximum Gasteiger partial charge on any atom is 0.272 e. The second-order valence-electron chi connectivity index (χ2n) is 6.42. The minimum atomic E-state index is -1.18. The second kappa shape index (κ2) is 6.56. The number of pyridine rings is 1.